The number of carbonyl (C=O) groups is 1. The van der Waals surface area contributed by atoms with Crippen molar-refractivity contribution < 1.29 is 9.53 Å². The fraction of sp³-hybridized carbons (Fsp3) is 0.217. The number of anilines is 1. The molecule has 10 heteroatoms. The van der Waals surface area contributed by atoms with Crippen LogP contribution in [0.4, 0.5) is 5.69 Å². The molecule has 0 aliphatic heterocycles. The van der Waals surface area contributed by atoms with Crippen molar-refractivity contribution in [2.24, 2.45) is 7.05 Å². The van der Waals surface area contributed by atoms with Crippen LogP contribution in [-0.4, -0.2) is 36.2 Å². The van der Waals surface area contributed by atoms with Crippen molar-refractivity contribution in [3.05, 3.63) is 76.8 Å². The van der Waals surface area contributed by atoms with Gasteiger partial charge < -0.3 is 14.6 Å². The number of carbonyl (C=O) groups excluding carboxylic acids is 1. The average molecular weight is 483 g/mol. The lowest BCUT2D eigenvalue weighted by molar-refractivity contribution is -0.113. The number of thioether (sulfide) groups is 1. The first-order valence-corrected chi connectivity index (χ1v) is 11.6. The molecule has 8 nitrogen and oxygen atoms in total. The van der Waals surface area contributed by atoms with E-state index in [2.05, 4.69) is 20.6 Å². The molecule has 0 atom stereocenters. The highest BCUT2D eigenvalue weighted by molar-refractivity contribution is 7.99. The van der Waals surface area contributed by atoms with E-state index in [1.807, 2.05) is 68.0 Å². The molecule has 0 saturated carbocycles. The summed E-state index contributed by atoms with van der Waals surface area (Å²) in [5, 5.41) is 17.0. The molecule has 2 heterocycles. The zero-order valence-corrected chi connectivity index (χ0v) is 20.0. The molecule has 0 fully saturated rings. The van der Waals surface area contributed by atoms with Gasteiger partial charge in [0, 0.05) is 7.05 Å². The van der Waals surface area contributed by atoms with Crippen molar-refractivity contribution in [1.82, 2.24) is 24.5 Å². The molecule has 4 rings (SSSR count). The van der Waals surface area contributed by atoms with E-state index in [0.29, 0.717) is 21.8 Å². The van der Waals surface area contributed by atoms with Gasteiger partial charge in [-0.05, 0) is 38.1 Å². The molecule has 0 saturated heterocycles. The molecule has 0 bridgehead atoms. The zero-order valence-electron chi connectivity index (χ0n) is 18.4. The highest BCUT2D eigenvalue weighted by Crippen LogP contribution is 2.25. The summed E-state index contributed by atoms with van der Waals surface area (Å²) in [6.07, 6.45) is 0. The second-order valence-corrected chi connectivity index (χ2v) is 8.66. The number of nitrogens with zero attached hydrogens (tertiary/aromatic N) is 5. The van der Waals surface area contributed by atoms with Crippen molar-refractivity contribution in [3.8, 4) is 11.4 Å². The first-order chi connectivity index (χ1) is 15.9. The topological polar surface area (TPSA) is 86.9 Å². The third kappa shape index (κ3) is 5.20. The predicted octanol–water partition coefficient (Wildman–Crippen LogP) is 4.58. The van der Waals surface area contributed by atoms with E-state index in [4.69, 9.17) is 16.3 Å². The van der Waals surface area contributed by atoms with E-state index < -0.39 is 0 Å². The second-order valence-electron chi connectivity index (χ2n) is 7.31. The summed E-state index contributed by atoms with van der Waals surface area (Å²) in [6, 6.07) is 17.1. The maximum absolute atomic E-state index is 12.6. The minimum Gasteiger partial charge on any atom is -0.484 e. The van der Waals surface area contributed by atoms with Gasteiger partial charge in [-0.25, -0.2) is 4.68 Å². The maximum Gasteiger partial charge on any atom is 0.234 e. The number of para-hydroxylation sites is 2. The number of aromatic nitrogens is 5. The monoisotopic (exact) mass is 482 g/mol. The molecule has 4 aromatic rings. The number of halogens is 1. The summed E-state index contributed by atoms with van der Waals surface area (Å²) in [4.78, 5) is 12.6. The summed E-state index contributed by atoms with van der Waals surface area (Å²) < 4.78 is 9.36. The van der Waals surface area contributed by atoms with Crippen LogP contribution in [0.15, 0.2) is 59.8 Å². The Morgan fingerprint density at radius 3 is 2.58 bits per heavy atom. The Hall–Kier alpha value is -3.30. The van der Waals surface area contributed by atoms with Gasteiger partial charge in [0.2, 0.25) is 5.91 Å². The second kappa shape index (κ2) is 10.1. The molecule has 2 aromatic heterocycles. The molecular formula is C23H23ClN6O2S. The summed E-state index contributed by atoms with van der Waals surface area (Å²) in [6.45, 7) is 4.03. The van der Waals surface area contributed by atoms with Crippen molar-refractivity contribution in [1.29, 1.82) is 0 Å². The van der Waals surface area contributed by atoms with Crippen LogP contribution in [0, 0.1) is 13.8 Å². The maximum atomic E-state index is 12.6. The Labute approximate surface area is 200 Å². The molecule has 1 N–H and O–H groups in total. The van der Waals surface area contributed by atoms with Crippen LogP contribution < -0.4 is 10.1 Å². The van der Waals surface area contributed by atoms with Crippen LogP contribution in [0.3, 0.4) is 0 Å². The van der Waals surface area contributed by atoms with Gasteiger partial charge in [0.05, 0.1) is 33.5 Å². The molecule has 0 unspecified atom stereocenters. The number of hydrogen-bond acceptors (Lipinski definition) is 6. The highest BCUT2D eigenvalue weighted by atomic mass is 35.5. The summed E-state index contributed by atoms with van der Waals surface area (Å²) in [5.74, 6) is 1.26. The standard InChI is InChI=1S/C23H23ClN6O2S/c1-15-22(16(2)30(28-15)17-9-5-4-6-10-17)25-21(31)14-33-23-27-26-20(29(23)3)13-32-19-12-8-7-11-18(19)24/h4-12H,13-14H2,1-3H3,(H,25,31). The molecule has 0 spiro atoms. The van der Waals surface area contributed by atoms with Gasteiger partial charge in [0.25, 0.3) is 0 Å². The Bertz CT molecular complexity index is 1270. The summed E-state index contributed by atoms with van der Waals surface area (Å²) in [7, 11) is 1.84. The minimum absolute atomic E-state index is 0.143. The van der Waals surface area contributed by atoms with Crippen molar-refractivity contribution in [3.63, 3.8) is 0 Å². The molecular weight excluding hydrogens is 460 g/mol. The van der Waals surface area contributed by atoms with E-state index in [1.54, 1.807) is 16.7 Å². The first kappa shape index (κ1) is 22.9. The van der Waals surface area contributed by atoms with Crippen molar-refractivity contribution in [2.75, 3.05) is 11.1 Å². The Kier molecular flexibility index (Phi) is 7.00. The third-order valence-electron chi connectivity index (χ3n) is 5.01. The number of benzene rings is 2. The lowest BCUT2D eigenvalue weighted by Crippen LogP contribution is -2.15. The number of rotatable bonds is 8. The quantitative estimate of drug-likeness (QED) is 0.370. The Morgan fingerprint density at radius 1 is 1.09 bits per heavy atom. The SMILES string of the molecule is Cc1nn(-c2ccccc2)c(C)c1NC(=O)CSc1nnc(COc2ccccc2Cl)n1C. The zero-order chi connectivity index (χ0) is 23.4. The Morgan fingerprint density at radius 2 is 1.82 bits per heavy atom. The van der Waals surface area contributed by atoms with Crippen LogP contribution in [0.5, 0.6) is 5.75 Å². The van der Waals surface area contributed by atoms with Crippen LogP contribution >= 0.6 is 23.4 Å². The normalized spacial score (nSPS) is 10.9. The number of aryl methyl sites for hydroxylation is 1. The smallest absolute Gasteiger partial charge is 0.234 e. The van der Waals surface area contributed by atoms with E-state index in [9.17, 15) is 4.79 Å². The number of ether oxygens (including phenoxy) is 1. The van der Waals surface area contributed by atoms with Crippen molar-refractivity contribution in [2.45, 2.75) is 25.6 Å². The fourth-order valence-corrected chi connectivity index (χ4v) is 4.17. The van der Waals surface area contributed by atoms with E-state index in [1.165, 1.54) is 11.8 Å². The van der Waals surface area contributed by atoms with Gasteiger partial charge >= 0.3 is 0 Å². The number of hydrogen-bond donors (Lipinski definition) is 1. The van der Waals surface area contributed by atoms with E-state index >= 15 is 0 Å². The highest BCUT2D eigenvalue weighted by Gasteiger charge is 2.17. The fourth-order valence-electron chi connectivity index (χ4n) is 3.25. The molecule has 0 radical (unpaired) electrons. The molecule has 33 heavy (non-hydrogen) atoms. The number of amides is 1. The van der Waals surface area contributed by atoms with E-state index in [0.717, 1.165) is 22.8 Å². The molecule has 0 aliphatic carbocycles. The molecule has 170 valence electrons. The van der Waals surface area contributed by atoms with Crippen LogP contribution in [0.25, 0.3) is 5.69 Å². The van der Waals surface area contributed by atoms with Gasteiger partial charge in [-0.2, -0.15) is 5.10 Å². The lowest BCUT2D eigenvalue weighted by Gasteiger charge is -2.08. The molecule has 0 aliphatic rings. The van der Waals surface area contributed by atoms with Crippen LogP contribution in [0.2, 0.25) is 5.02 Å². The van der Waals surface area contributed by atoms with Gasteiger partial charge in [-0.3, -0.25) is 4.79 Å². The van der Waals surface area contributed by atoms with E-state index in [-0.39, 0.29) is 18.3 Å². The predicted molar refractivity (Wildman–Crippen MR) is 129 cm³/mol. The largest absolute Gasteiger partial charge is 0.484 e. The van der Waals surface area contributed by atoms with Crippen LogP contribution in [0.1, 0.15) is 17.2 Å². The van der Waals surface area contributed by atoms with Crippen LogP contribution in [-0.2, 0) is 18.4 Å². The minimum atomic E-state index is -0.143. The number of nitrogens with one attached hydrogen (secondary N) is 1. The van der Waals surface area contributed by atoms with Crippen molar-refractivity contribution >= 4 is 35.0 Å². The van der Waals surface area contributed by atoms with Gasteiger partial charge in [-0.1, -0.05) is 53.7 Å². The molecule has 2 aromatic carbocycles. The molecule has 1 amide bonds. The van der Waals surface area contributed by atoms with Gasteiger partial charge in [0.15, 0.2) is 11.0 Å². The third-order valence-corrected chi connectivity index (χ3v) is 6.34. The first-order valence-electron chi connectivity index (χ1n) is 10.2. The van der Waals surface area contributed by atoms with Gasteiger partial charge in [-0.15, -0.1) is 10.2 Å². The lowest BCUT2D eigenvalue weighted by atomic mass is 10.3. The van der Waals surface area contributed by atoms with Gasteiger partial charge in [0.1, 0.15) is 12.4 Å². The summed E-state index contributed by atoms with van der Waals surface area (Å²) in [5.41, 5.74) is 3.29. The average Bonchev–Trinajstić information content (AvgIpc) is 3.31. The summed E-state index contributed by atoms with van der Waals surface area (Å²) >= 11 is 7.43. The Balaban J connectivity index is 1.36.